The average Bonchev–Trinajstić information content (AvgIpc) is 3.04. The number of fused-ring (bicyclic) bond motifs is 1. The number of rotatable bonds is 3. The van der Waals surface area contributed by atoms with E-state index < -0.39 is 10.0 Å². The van der Waals surface area contributed by atoms with Crippen LogP contribution < -0.4 is 10.5 Å². The van der Waals surface area contributed by atoms with Gasteiger partial charge in [-0.3, -0.25) is 4.98 Å². The Morgan fingerprint density at radius 2 is 2.05 bits per heavy atom. The van der Waals surface area contributed by atoms with Crippen LogP contribution in [0.15, 0.2) is 29.3 Å². The van der Waals surface area contributed by atoms with Crippen LogP contribution in [0.2, 0.25) is 0 Å². The maximum Gasteiger partial charge on any atom is 0.241 e. The highest BCUT2D eigenvalue weighted by molar-refractivity contribution is 7.89. The van der Waals surface area contributed by atoms with Gasteiger partial charge in [-0.15, -0.1) is 0 Å². The van der Waals surface area contributed by atoms with E-state index in [2.05, 4.69) is 14.7 Å². The van der Waals surface area contributed by atoms with E-state index >= 15 is 0 Å². The topological polar surface area (TPSA) is 98.0 Å². The number of sulfonamides is 1. The zero-order valence-corrected chi connectivity index (χ0v) is 11.2. The summed E-state index contributed by atoms with van der Waals surface area (Å²) in [6.45, 7) is 1.89. The van der Waals surface area contributed by atoms with Gasteiger partial charge in [0, 0.05) is 5.54 Å². The number of benzene rings is 1. The summed E-state index contributed by atoms with van der Waals surface area (Å²) >= 11 is 0. The molecule has 6 nitrogen and oxygen atoms in total. The van der Waals surface area contributed by atoms with Gasteiger partial charge in [-0.1, -0.05) is 0 Å². The summed E-state index contributed by atoms with van der Waals surface area (Å²) in [5.41, 5.74) is 6.35. The van der Waals surface area contributed by atoms with Gasteiger partial charge in [-0.2, -0.15) is 0 Å². The number of anilines is 1. The Hall–Kier alpha value is -1.73. The van der Waals surface area contributed by atoms with Gasteiger partial charge in [0.2, 0.25) is 10.0 Å². The minimum Gasteiger partial charge on any atom is -0.382 e. The first-order chi connectivity index (χ1) is 8.88. The van der Waals surface area contributed by atoms with Crippen LogP contribution in [0.1, 0.15) is 19.8 Å². The van der Waals surface area contributed by atoms with Gasteiger partial charge in [0.15, 0.2) is 0 Å². The highest BCUT2D eigenvalue weighted by Crippen LogP contribution is 2.36. The third-order valence-corrected chi connectivity index (χ3v) is 4.86. The van der Waals surface area contributed by atoms with Crippen molar-refractivity contribution < 1.29 is 8.42 Å². The van der Waals surface area contributed by atoms with E-state index in [0.717, 1.165) is 12.8 Å². The van der Waals surface area contributed by atoms with Crippen LogP contribution in [-0.4, -0.2) is 23.9 Å². The summed E-state index contributed by atoms with van der Waals surface area (Å²) < 4.78 is 27.1. The highest BCUT2D eigenvalue weighted by atomic mass is 32.2. The minimum atomic E-state index is -3.52. The molecule has 0 aliphatic heterocycles. The van der Waals surface area contributed by atoms with Crippen LogP contribution in [0.3, 0.4) is 0 Å². The molecule has 1 aliphatic carbocycles. The third kappa shape index (κ3) is 2.39. The molecule has 0 atom stereocenters. The number of nitrogens with one attached hydrogen (secondary N) is 1. The van der Waals surface area contributed by atoms with Gasteiger partial charge >= 0.3 is 0 Å². The fraction of sp³-hybridized carbons (Fsp3) is 0.333. The van der Waals surface area contributed by atoms with Gasteiger partial charge in [-0.25, -0.2) is 18.1 Å². The van der Waals surface area contributed by atoms with Crippen molar-refractivity contribution in [3.63, 3.8) is 0 Å². The molecule has 0 unspecified atom stereocenters. The van der Waals surface area contributed by atoms with Gasteiger partial charge in [-0.05, 0) is 38.0 Å². The lowest BCUT2D eigenvalue weighted by Crippen LogP contribution is -2.34. The van der Waals surface area contributed by atoms with Crippen molar-refractivity contribution in [2.24, 2.45) is 0 Å². The number of aromatic nitrogens is 2. The molecule has 7 heteroatoms. The second kappa shape index (κ2) is 3.88. The molecule has 1 aliphatic rings. The standard InChI is InChI=1S/C12H14N4O2S/c1-12(4-5-12)16-19(17,18)8-2-3-9-10(6-8)15-11(13)7-14-9/h2-3,6-7,16H,4-5H2,1H3,(H2,13,15). The molecule has 1 fully saturated rings. The van der Waals surface area contributed by atoms with Crippen molar-refractivity contribution in [1.82, 2.24) is 14.7 Å². The molecule has 0 bridgehead atoms. The first-order valence-corrected chi connectivity index (χ1v) is 7.43. The van der Waals surface area contributed by atoms with Gasteiger partial charge in [0.1, 0.15) is 5.82 Å². The van der Waals surface area contributed by atoms with Gasteiger partial charge in [0.25, 0.3) is 0 Å². The highest BCUT2D eigenvalue weighted by Gasteiger charge is 2.41. The normalized spacial score (nSPS) is 17.5. The number of hydrogen-bond acceptors (Lipinski definition) is 5. The molecule has 2 aromatic rings. The Balaban J connectivity index is 2.05. The van der Waals surface area contributed by atoms with Crippen LogP contribution in [-0.2, 0) is 10.0 Å². The summed E-state index contributed by atoms with van der Waals surface area (Å²) in [4.78, 5) is 8.36. The number of nitrogen functional groups attached to an aromatic ring is 1. The summed E-state index contributed by atoms with van der Waals surface area (Å²) in [5.74, 6) is 0.268. The fourth-order valence-corrected chi connectivity index (χ4v) is 3.33. The van der Waals surface area contributed by atoms with Crippen LogP contribution in [0.5, 0.6) is 0 Å². The van der Waals surface area contributed by atoms with Crippen molar-refractivity contribution >= 4 is 26.9 Å². The lowest BCUT2D eigenvalue weighted by molar-refractivity contribution is 0.558. The zero-order chi connectivity index (χ0) is 13.7. The molecule has 0 spiro atoms. The van der Waals surface area contributed by atoms with Gasteiger partial charge < -0.3 is 5.73 Å². The summed E-state index contributed by atoms with van der Waals surface area (Å²) in [6, 6.07) is 4.65. The number of nitrogens with zero attached hydrogens (tertiary/aromatic N) is 2. The molecule has 3 rings (SSSR count). The maximum absolute atomic E-state index is 12.2. The second-order valence-electron chi connectivity index (χ2n) is 5.11. The van der Waals surface area contributed by atoms with Crippen LogP contribution in [0, 0.1) is 0 Å². The summed E-state index contributed by atoms with van der Waals surface area (Å²) in [7, 11) is -3.52. The van der Waals surface area contributed by atoms with Gasteiger partial charge in [0.05, 0.1) is 22.1 Å². The smallest absolute Gasteiger partial charge is 0.241 e. The Bertz CT molecular complexity index is 753. The molecule has 1 saturated carbocycles. The fourth-order valence-electron chi connectivity index (χ4n) is 1.85. The summed E-state index contributed by atoms with van der Waals surface area (Å²) in [6.07, 6.45) is 3.18. The average molecular weight is 278 g/mol. The quantitative estimate of drug-likeness (QED) is 0.874. The van der Waals surface area contributed by atoms with E-state index in [4.69, 9.17) is 5.73 Å². The Morgan fingerprint density at radius 1 is 1.32 bits per heavy atom. The second-order valence-corrected chi connectivity index (χ2v) is 6.79. The molecule has 1 aromatic heterocycles. The summed E-state index contributed by atoms with van der Waals surface area (Å²) in [5, 5.41) is 0. The third-order valence-electron chi connectivity index (χ3n) is 3.22. The van der Waals surface area contributed by atoms with Crippen LogP contribution >= 0.6 is 0 Å². The first-order valence-electron chi connectivity index (χ1n) is 5.94. The molecular weight excluding hydrogens is 264 g/mol. The van der Waals surface area contributed by atoms with Crippen molar-refractivity contribution in [3.05, 3.63) is 24.4 Å². The molecule has 100 valence electrons. The van der Waals surface area contributed by atoms with Crippen molar-refractivity contribution in [1.29, 1.82) is 0 Å². The monoisotopic (exact) mass is 278 g/mol. The lowest BCUT2D eigenvalue weighted by Gasteiger charge is -2.12. The van der Waals surface area contributed by atoms with E-state index in [1.54, 1.807) is 6.07 Å². The molecule has 0 radical (unpaired) electrons. The Kier molecular flexibility index (Phi) is 2.51. The van der Waals surface area contributed by atoms with E-state index in [0.29, 0.717) is 11.0 Å². The van der Waals surface area contributed by atoms with E-state index in [-0.39, 0.29) is 16.3 Å². The molecule has 1 heterocycles. The maximum atomic E-state index is 12.2. The molecule has 0 amide bonds. The molecule has 19 heavy (non-hydrogen) atoms. The minimum absolute atomic E-state index is 0.188. The van der Waals surface area contributed by atoms with Crippen molar-refractivity contribution in [2.45, 2.75) is 30.2 Å². The largest absolute Gasteiger partial charge is 0.382 e. The predicted octanol–water partition coefficient (Wildman–Crippen LogP) is 1.04. The molecule has 0 saturated heterocycles. The molecular formula is C12H14N4O2S. The van der Waals surface area contributed by atoms with Crippen LogP contribution in [0.4, 0.5) is 5.82 Å². The van der Waals surface area contributed by atoms with E-state index in [1.165, 1.54) is 18.3 Å². The Labute approximate surface area is 111 Å². The van der Waals surface area contributed by atoms with E-state index in [1.807, 2.05) is 6.92 Å². The first kappa shape index (κ1) is 12.3. The molecule has 1 aromatic carbocycles. The molecule has 3 N–H and O–H groups in total. The zero-order valence-electron chi connectivity index (χ0n) is 10.4. The van der Waals surface area contributed by atoms with Crippen LogP contribution in [0.25, 0.3) is 11.0 Å². The van der Waals surface area contributed by atoms with Crippen molar-refractivity contribution in [3.8, 4) is 0 Å². The SMILES string of the molecule is CC1(NS(=O)(=O)c2ccc3ncc(N)nc3c2)CC1. The van der Waals surface area contributed by atoms with Crippen molar-refractivity contribution in [2.75, 3.05) is 5.73 Å². The Morgan fingerprint density at radius 3 is 2.74 bits per heavy atom. The number of hydrogen-bond donors (Lipinski definition) is 2. The lowest BCUT2D eigenvalue weighted by atomic mass is 10.3. The predicted molar refractivity (Wildman–Crippen MR) is 71.9 cm³/mol. The number of nitrogens with two attached hydrogens (primary N) is 1. The van der Waals surface area contributed by atoms with E-state index in [9.17, 15) is 8.42 Å².